The number of hydrogen-bond donors (Lipinski definition) is 2. The van der Waals surface area contributed by atoms with Crippen molar-refractivity contribution in [3.05, 3.63) is 23.8 Å². The van der Waals surface area contributed by atoms with Gasteiger partial charge in [-0.05, 0) is 19.6 Å². The summed E-state index contributed by atoms with van der Waals surface area (Å²) >= 11 is 0. The molecule has 0 aliphatic rings. The van der Waals surface area contributed by atoms with E-state index in [4.69, 9.17) is 11.5 Å². The summed E-state index contributed by atoms with van der Waals surface area (Å²) in [7, 11) is 0. The summed E-state index contributed by atoms with van der Waals surface area (Å²) in [6, 6.07) is 1.70. The Balaban J connectivity index is 0.000000325. The van der Waals surface area contributed by atoms with Crippen LogP contribution in [0.5, 0.6) is 0 Å². The van der Waals surface area contributed by atoms with Crippen LogP contribution in [0.15, 0.2) is 12.1 Å². The maximum atomic E-state index is 12.2. The van der Waals surface area contributed by atoms with Crippen molar-refractivity contribution in [2.75, 3.05) is 31.1 Å². The first kappa shape index (κ1) is 15.6. The second-order valence-electron chi connectivity index (χ2n) is 3.51. The molecule has 1 aromatic rings. The van der Waals surface area contributed by atoms with E-state index in [0.717, 1.165) is 12.1 Å². The van der Waals surface area contributed by atoms with Crippen molar-refractivity contribution in [2.24, 2.45) is 0 Å². The third-order valence-electron chi connectivity index (χ3n) is 2.47. The molecule has 0 aliphatic heterocycles. The molecule has 1 rings (SSSR count). The Morgan fingerprint density at radius 1 is 0.882 bits per heavy atom. The van der Waals surface area contributed by atoms with Crippen molar-refractivity contribution in [2.45, 2.75) is 20.8 Å². The average Bonchev–Trinajstić information content (AvgIpc) is 2.30. The summed E-state index contributed by atoms with van der Waals surface area (Å²) in [5, 5.41) is 0. The highest BCUT2D eigenvalue weighted by molar-refractivity contribution is 5.62. The van der Waals surface area contributed by atoms with Gasteiger partial charge in [-0.1, -0.05) is 20.8 Å². The fraction of sp³-hybridized carbons (Fsp3) is 0.500. The minimum Gasteiger partial charge on any atom is -0.397 e. The van der Waals surface area contributed by atoms with Gasteiger partial charge >= 0.3 is 0 Å². The van der Waals surface area contributed by atoms with Crippen LogP contribution >= 0.6 is 0 Å². The second kappa shape index (κ2) is 7.84. The molecular formula is C12H21F2N3. The molecule has 98 valence electrons. The van der Waals surface area contributed by atoms with Crippen molar-refractivity contribution in [1.29, 1.82) is 0 Å². The van der Waals surface area contributed by atoms with Gasteiger partial charge in [0, 0.05) is 12.1 Å². The number of benzene rings is 1. The van der Waals surface area contributed by atoms with Gasteiger partial charge in [0.25, 0.3) is 0 Å². The molecule has 3 nitrogen and oxygen atoms in total. The van der Waals surface area contributed by atoms with Crippen LogP contribution in [0.2, 0.25) is 0 Å². The molecule has 0 saturated carbocycles. The molecule has 1 aromatic carbocycles. The van der Waals surface area contributed by atoms with Crippen LogP contribution in [0.4, 0.5) is 20.2 Å². The van der Waals surface area contributed by atoms with Crippen molar-refractivity contribution in [1.82, 2.24) is 4.90 Å². The molecule has 0 fully saturated rings. The van der Waals surface area contributed by atoms with Gasteiger partial charge in [0.2, 0.25) is 0 Å². The molecule has 0 atom stereocenters. The summed E-state index contributed by atoms with van der Waals surface area (Å²) in [6.07, 6.45) is 0. The topological polar surface area (TPSA) is 55.3 Å². The highest BCUT2D eigenvalue weighted by Gasteiger charge is 2.03. The van der Waals surface area contributed by atoms with Crippen molar-refractivity contribution in [3.8, 4) is 0 Å². The molecule has 0 heterocycles. The SMILES string of the molecule is CCN(CC)CC.Nc1cc(F)c(F)cc1N. The number of halogens is 2. The Morgan fingerprint density at radius 2 is 1.18 bits per heavy atom. The summed E-state index contributed by atoms with van der Waals surface area (Å²) in [6.45, 7) is 10.1. The fourth-order valence-corrected chi connectivity index (χ4v) is 1.25. The summed E-state index contributed by atoms with van der Waals surface area (Å²) < 4.78 is 24.5. The van der Waals surface area contributed by atoms with Crippen molar-refractivity contribution < 1.29 is 8.78 Å². The lowest BCUT2D eigenvalue weighted by atomic mass is 10.2. The van der Waals surface area contributed by atoms with E-state index in [-0.39, 0.29) is 11.4 Å². The van der Waals surface area contributed by atoms with Gasteiger partial charge in [-0.15, -0.1) is 0 Å². The first-order valence-corrected chi connectivity index (χ1v) is 5.68. The van der Waals surface area contributed by atoms with E-state index in [1.165, 1.54) is 19.6 Å². The minimum absolute atomic E-state index is 0.0545. The molecule has 0 aliphatic carbocycles. The van der Waals surface area contributed by atoms with Crippen LogP contribution in [-0.2, 0) is 0 Å². The van der Waals surface area contributed by atoms with Gasteiger partial charge in [-0.25, -0.2) is 8.78 Å². The Bertz CT molecular complexity index is 283. The number of nitrogens with two attached hydrogens (primary N) is 2. The summed E-state index contributed by atoms with van der Waals surface area (Å²) in [4.78, 5) is 2.38. The van der Waals surface area contributed by atoms with Crippen molar-refractivity contribution in [3.63, 3.8) is 0 Å². The monoisotopic (exact) mass is 245 g/mol. The largest absolute Gasteiger partial charge is 0.397 e. The smallest absolute Gasteiger partial charge is 0.161 e. The highest BCUT2D eigenvalue weighted by Crippen LogP contribution is 2.17. The molecule has 4 N–H and O–H groups in total. The number of nitrogens with zero attached hydrogens (tertiary/aromatic N) is 1. The molecule has 0 unspecified atom stereocenters. The molecule has 17 heavy (non-hydrogen) atoms. The number of anilines is 2. The quantitative estimate of drug-likeness (QED) is 0.804. The Labute approximate surface area is 101 Å². The van der Waals surface area contributed by atoms with E-state index in [1.807, 2.05) is 0 Å². The van der Waals surface area contributed by atoms with E-state index in [1.54, 1.807) is 0 Å². The highest BCUT2D eigenvalue weighted by atomic mass is 19.2. The number of hydrogen-bond acceptors (Lipinski definition) is 3. The van der Waals surface area contributed by atoms with Gasteiger partial charge in [0.1, 0.15) is 0 Å². The zero-order valence-electron chi connectivity index (χ0n) is 10.6. The van der Waals surface area contributed by atoms with Crippen LogP contribution < -0.4 is 11.5 Å². The van der Waals surface area contributed by atoms with Crippen LogP contribution in [-0.4, -0.2) is 24.5 Å². The first-order chi connectivity index (χ1) is 7.96. The van der Waals surface area contributed by atoms with E-state index in [9.17, 15) is 8.78 Å². The van der Waals surface area contributed by atoms with Gasteiger partial charge in [-0.3, -0.25) is 0 Å². The van der Waals surface area contributed by atoms with Gasteiger partial charge in [0.15, 0.2) is 11.6 Å². The molecule has 5 heteroatoms. The molecule has 0 spiro atoms. The molecule has 0 amide bonds. The van der Waals surface area contributed by atoms with Crippen LogP contribution in [0.3, 0.4) is 0 Å². The predicted octanol–water partition coefficient (Wildman–Crippen LogP) is 2.48. The van der Waals surface area contributed by atoms with Gasteiger partial charge < -0.3 is 16.4 Å². The normalized spacial score (nSPS) is 10.0. The molecular weight excluding hydrogens is 224 g/mol. The third kappa shape index (κ3) is 5.49. The lowest BCUT2D eigenvalue weighted by Gasteiger charge is -2.13. The van der Waals surface area contributed by atoms with E-state index < -0.39 is 11.6 Å². The molecule has 0 saturated heterocycles. The van der Waals surface area contributed by atoms with Crippen LogP contribution in [0.25, 0.3) is 0 Å². The zero-order chi connectivity index (χ0) is 13.4. The Morgan fingerprint density at radius 3 is 1.35 bits per heavy atom. The first-order valence-electron chi connectivity index (χ1n) is 5.68. The molecule has 0 aromatic heterocycles. The third-order valence-corrected chi connectivity index (χ3v) is 2.47. The summed E-state index contributed by atoms with van der Waals surface area (Å²) in [5.74, 6) is -1.96. The maximum absolute atomic E-state index is 12.2. The van der Waals surface area contributed by atoms with Crippen molar-refractivity contribution >= 4 is 11.4 Å². The Hall–Kier alpha value is -1.36. The number of nitrogen functional groups attached to an aromatic ring is 2. The van der Waals surface area contributed by atoms with Gasteiger partial charge in [0.05, 0.1) is 11.4 Å². The number of rotatable bonds is 3. The zero-order valence-corrected chi connectivity index (χ0v) is 10.6. The minimum atomic E-state index is -0.980. The van der Waals surface area contributed by atoms with Crippen LogP contribution in [0.1, 0.15) is 20.8 Å². The lowest BCUT2D eigenvalue weighted by Crippen LogP contribution is -2.21. The maximum Gasteiger partial charge on any atom is 0.161 e. The van der Waals surface area contributed by atoms with E-state index >= 15 is 0 Å². The van der Waals surface area contributed by atoms with Crippen LogP contribution in [0, 0.1) is 11.6 Å². The standard InChI is InChI=1S/C6H6F2N2.C6H15N/c7-3-1-5(9)6(10)2-4(3)8;1-4-7(5-2)6-3/h1-2H,9-10H2;4-6H2,1-3H3. The van der Waals surface area contributed by atoms with E-state index in [0.29, 0.717) is 0 Å². The molecule has 0 bridgehead atoms. The average molecular weight is 245 g/mol. The summed E-state index contributed by atoms with van der Waals surface area (Å²) in [5.41, 5.74) is 10.4. The fourth-order valence-electron chi connectivity index (χ4n) is 1.25. The molecule has 0 radical (unpaired) electrons. The van der Waals surface area contributed by atoms with Gasteiger partial charge in [-0.2, -0.15) is 0 Å². The Kier molecular flexibility index (Phi) is 7.21. The second-order valence-corrected chi connectivity index (χ2v) is 3.51. The lowest BCUT2D eigenvalue weighted by molar-refractivity contribution is 0.321. The van der Waals surface area contributed by atoms with E-state index in [2.05, 4.69) is 25.7 Å². The predicted molar refractivity (Wildman–Crippen MR) is 68.6 cm³/mol.